The van der Waals surface area contributed by atoms with Crippen LogP contribution in [-0.2, 0) is 9.59 Å². The van der Waals surface area contributed by atoms with Gasteiger partial charge in [-0.1, -0.05) is 0 Å². The van der Waals surface area contributed by atoms with Crippen LogP contribution in [0.1, 0.15) is 6.42 Å². The van der Waals surface area contributed by atoms with Crippen molar-refractivity contribution < 1.29 is 9.59 Å². The fourth-order valence-electron chi connectivity index (χ4n) is 1.42. The number of rotatable bonds is 3. The third kappa shape index (κ3) is 1.30. The van der Waals surface area contributed by atoms with Crippen LogP contribution in [-0.4, -0.2) is 12.1 Å². The molecule has 2 aliphatic rings. The number of Topliss-reactive ketones (excluding diaryl/α,β-unsaturated/α-hetero) is 1. The number of ketones is 1. The third-order valence-electron chi connectivity index (χ3n) is 2.30. The van der Waals surface area contributed by atoms with Gasteiger partial charge in [0, 0.05) is 17.8 Å². The molecule has 2 saturated carbocycles. The lowest BCUT2D eigenvalue weighted by Gasteiger charge is -2.03. The van der Waals surface area contributed by atoms with E-state index in [1.165, 1.54) is 0 Å². The summed E-state index contributed by atoms with van der Waals surface area (Å²) in [5, 5.41) is 0. The average Bonchev–Trinajstić information content (AvgIpc) is 2.68. The predicted octanol–water partition coefficient (Wildman–Crippen LogP) is 0.796. The number of carbonyl (C=O) groups is 2. The molecule has 0 heterocycles. The first-order chi connectivity index (χ1) is 5.83. The summed E-state index contributed by atoms with van der Waals surface area (Å²) >= 11 is 0. The Morgan fingerprint density at radius 1 is 1.42 bits per heavy atom. The van der Waals surface area contributed by atoms with E-state index in [1.807, 2.05) is 12.8 Å². The highest BCUT2D eigenvalue weighted by molar-refractivity contribution is 6.02. The molecule has 0 unspecified atom stereocenters. The first-order valence-electron chi connectivity index (χ1n) is 4.04. The predicted molar refractivity (Wildman–Crippen MR) is 43.1 cm³/mol. The monoisotopic (exact) mass is 161 g/mol. The van der Waals surface area contributed by atoms with Gasteiger partial charge in [-0.05, 0) is 32.1 Å². The minimum Gasteiger partial charge on any atom is -0.303 e. The Morgan fingerprint density at radius 3 is 2.58 bits per heavy atom. The van der Waals surface area contributed by atoms with Crippen LogP contribution in [0.3, 0.4) is 0 Å². The molecule has 2 atom stereocenters. The lowest BCUT2D eigenvalue weighted by atomic mass is 9.98. The van der Waals surface area contributed by atoms with Crippen molar-refractivity contribution in [3.63, 3.8) is 0 Å². The van der Waals surface area contributed by atoms with Crippen LogP contribution >= 0.6 is 0 Å². The second kappa shape index (κ2) is 3.00. The molecule has 2 fully saturated rings. The first kappa shape index (κ1) is 7.96. The largest absolute Gasteiger partial charge is 0.303 e. The van der Waals surface area contributed by atoms with Crippen LogP contribution in [0.5, 0.6) is 0 Å². The highest BCUT2D eigenvalue weighted by Gasteiger charge is 2.45. The van der Waals surface area contributed by atoms with Crippen molar-refractivity contribution in [2.45, 2.75) is 6.42 Å². The van der Waals surface area contributed by atoms with Gasteiger partial charge in [-0.3, -0.25) is 4.79 Å². The molecule has 0 aromatic heterocycles. The first-order valence-corrected chi connectivity index (χ1v) is 4.04. The second-order valence-corrected chi connectivity index (χ2v) is 3.18. The summed E-state index contributed by atoms with van der Waals surface area (Å²) < 4.78 is 0. The van der Waals surface area contributed by atoms with Gasteiger partial charge in [-0.15, -0.1) is 0 Å². The third-order valence-corrected chi connectivity index (χ3v) is 2.30. The van der Waals surface area contributed by atoms with Crippen molar-refractivity contribution >= 4 is 12.1 Å². The summed E-state index contributed by atoms with van der Waals surface area (Å²) in [6, 6.07) is 0. The molecule has 2 nitrogen and oxygen atoms in total. The molecule has 0 aromatic rings. The molecule has 0 N–H and O–H groups in total. The van der Waals surface area contributed by atoms with Crippen LogP contribution in [0.15, 0.2) is 0 Å². The Morgan fingerprint density at radius 2 is 2.08 bits per heavy atom. The standard InChI is InChI=1S/C10H9O2/c11-6-8-5-9(8)10(12)7-3-1-2-4-7/h1-4,6,8-9H,5H2/t8-,9+/m1/s1. The normalized spacial score (nSPS) is 35.0. The zero-order chi connectivity index (χ0) is 8.55. The van der Waals surface area contributed by atoms with Crippen molar-refractivity contribution in [2.75, 3.05) is 0 Å². The zero-order valence-electron chi connectivity index (χ0n) is 6.57. The molecule has 12 heavy (non-hydrogen) atoms. The van der Waals surface area contributed by atoms with Gasteiger partial charge in [-0.2, -0.15) is 0 Å². The van der Waals surface area contributed by atoms with E-state index in [2.05, 4.69) is 0 Å². The molecule has 0 spiro atoms. The molecule has 2 aliphatic carbocycles. The second-order valence-electron chi connectivity index (χ2n) is 3.18. The highest BCUT2D eigenvalue weighted by atomic mass is 16.1. The molecule has 61 valence electrons. The molecule has 0 saturated heterocycles. The van der Waals surface area contributed by atoms with E-state index in [1.54, 1.807) is 12.8 Å². The molecule has 0 bridgehead atoms. The van der Waals surface area contributed by atoms with Crippen LogP contribution < -0.4 is 0 Å². The van der Waals surface area contributed by atoms with Crippen LogP contribution in [0.4, 0.5) is 0 Å². The Bertz CT molecular complexity index is 204. The maximum Gasteiger partial charge on any atom is 0.144 e. The Hall–Kier alpha value is -0.660. The smallest absolute Gasteiger partial charge is 0.144 e. The Labute approximate surface area is 72.3 Å². The summed E-state index contributed by atoms with van der Waals surface area (Å²) in [6.45, 7) is 0. The van der Waals surface area contributed by atoms with Gasteiger partial charge >= 0.3 is 0 Å². The van der Waals surface area contributed by atoms with Crippen molar-refractivity contribution in [3.8, 4) is 0 Å². The van der Waals surface area contributed by atoms with Crippen LogP contribution in [0.25, 0.3) is 0 Å². The maximum atomic E-state index is 11.5. The van der Waals surface area contributed by atoms with Gasteiger partial charge in [0.1, 0.15) is 12.1 Å². The summed E-state index contributed by atoms with van der Waals surface area (Å²) in [7, 11) is 0. The number of aldehydes is 1. The number of hydrogen-bond donors (Lipinski definition) is 0. The fraction of sp³-hybridized carbons (Fsp3) is 0.300. The van der Waals surface area contributed by atoms with Crippen LogP contribution in [0, 0.1) is 43.4 Å². The van der Waals surface area contributed by atoms with Crippen LogP contribution in [0.2, 0.25) is 0 Å². The Kier molecular flexibility index (Phi) is 1.99. The molecule has 2 heteroatoms. The molecule has 0 aliphatic heterocycles. The number of carbonyl (C=O) groups excluding carboxylic acids is 2. The van der Waals surface area contributed by atoms with E-state index < -0.39 is 0 Å². The van der Waals surface area contributed by atoms with Crippen molar-refractivity contribution in [1.82, 2.24) is 0 Å². The van der Waals surface area contributed by atoms with E-state index >= 15 is 0 Å². The van der Waals surface area contributed by atoms with Crippen molar-refractivity contribution in [3.05, 3.63) is 31.6 Å². The molecule has 2 rings (SSSR count). The molecule has 0 aromatic carbocycles. The summed E-state index contributed by atoms with van der Waals surface area (Å²) in [4.78, 5) is 21.8. The zero-order valence-corrected chi connectivity index (χ0v) is 6.57. The molecular formula is C10H9O2. The molecular weight excluding hydrogens is 152 g/mol. The van der Waals surface area contributed by atoms with Gasteiger partial charge in [0.2, 0.25) is 0 Å². The van der Waals surface area contributed by atoms with Gasteiger partial charge in [0.05, 0.1) is 0 Å². The van der Waals surface area contributed by atoms with Crippen molar-refractivity contribution in [1.29, 1.82) is 0 Å². The quantitative estimate of drug-likeness (QED) is 0.573. The van der Waals surface area contributed by atoms with E-state index in [-0.39, 0.29) is 17.6 Å². The van der Waals surface area contributed by atoms with E-state index in [0.29, 0.717) is 0 Å². The van der Waals surface area contributed by atoms with E-state index in [0.717, 1.165) is 18.6 Å². The number of hydrogen-bond acceptors (Lipinski definition) is 2. The topological polar surface area (TPSA) is 34.1 Å². The van der Waals surface area contributed by atoms with Gasteiger partial charge in [0.25, 0.3) is 0 Å². The van der Waals surface area contributed by atoms with Gasteiger partial charge in [0.15, 0.2) is 0 Å². The van der Waals surface area contributed by atoms with Gasteiger partial charge < -0.3 is 4.79 Å². The summed E-state index contributed by atoms with van der Waals surface area (Å²) in [6.07, 6.45) is 8.89. The highest BCUT2D eigenvalue weighted by Crippen LogP contribution is 2.42. The molecule has 5 radical (unpaired) electrons. The van der Waals surface area contributed by atoms with Crippen molar-refractivity contribution in [2.24, 2.45) is 11.8 Å². The Balaban J connectivity index is 1.88. The lowest BCUT2D eigenvalue weighted by Crippen LogP contribution is -2.12. The maximum absolute atomic E-state index is 11.5. The molecule has 0 amide bonds. The minimum atomic E-state index is -0.0232. The van der Waals surface area contributed by atoms with Gasteiger partial charge in [-0.25, -0.2) is 0 Å². The fourth-order valence-corrected chi connectivity index (χ4v) is 1.42. The average molecular weight is 161 g/mol. The summed E-state index contributed by atoms with van der Waals surface area (Å²) in [5.74, 6) is 0.832. The SMILES string of the molecule is O=C[C@H]1C[C@@H]1C(=O)[C]1[CH][CH][CH][CH]1. The summed E-state index contributed by atoms with van der Waals surface area (Å²) in [5.41, 5.74) is 0. The van der Waals surface area contributed by atoms with E-state index in [9.17, 15) is 9.59 Å². The minimum absolute atomic E-state index is 0.00704. The van der Waals surface area contributed by atoms with E-state index in [4.69, 9.17) is 0 Å². The lowest BCUT2D eigenvalue weighted by molar-refractivity contribution is -0.119.